The van der Waals surface area contributed by atoms with E-state index in [0.717, 1.165) is 0 Å². The minimum absolute atomic E-state index is 0.188. The lowest BCUT2D eigenvalue weighted by Gasteiger charge is -2.44. The van der Waals surface area contributed by atoms with Gasteiger partial charge in [-0.1, -0.05) is 121 Å². The Morgan fingerprint density at radius 1 is 0.462 bits per heavy atom. The summed E-state index contributed by atoms with van der Waals surface area (Å²) in [6.07, 6.45) is -1.22. The molecule has 0 radical (unpaired) electrons. The topological polar surface area (TPSA) is 71.4 Å². The van der Waals surface area contributed by atoms with E-state index in [4.69, 9.17) is 15.8 Å². The van der Waals surface area contributed by atoms with E-state index in [1.165, 1.54) is 21.9 Å². The maximum absolute atomic E-state index is 8.92. The first kappa shape index (κ1) is 29.4. The molecule has 3 nitrogen and oxygen atoms in total. The zero-order valence-corrected chi connectivity index (χ0v) is 24.0. The molecule has 4 aromatic rings. The monoisotopic (exact) mass is 527 g/mol. The van der Waals surface area contributed by atoms with Gasteiger partial charge in [-0.05, 0) is 20.8 Å². The van der Waals surface area contributed by atoms with Crippen LogP contribution in [0.3, 0.4) is 0 Å². The molecule has 0 saturated carbocycles. The van der Waals surface area contributed by atoms with Gasteiger partial charge in [0, 0.05) is 0 Å². The van der Waals surface area contributed by atoms with E-state index >= 15 is 0 Å². The minimum Gasteiger partial charge on any atom is -0.195 e. The Labute approximate surface area is 234 Å². The Bertz CT molecular complexity index is 1230. The van der Waals surface area contributed by atoms with Gasteiger partial charge in [-0.25, -0.2) is 0 Å². The normalized spacial score (nSPS) is 14.5. The van der Waals surface area contributed by atoms with Crippen LogP contribution >= 0.6 is 7.26 Å². The van der Waals surface area contributed by atoms with Crippen LogP contribution in [0.1, 0.15) is 20.8 Å². The summed E-state index contributed by atoms with van der Waals surface area (Å²) >= 11 is 0. The Morgan fingerprint density at radius 2 is 0.667 bits per heavy atom. The van der Waals surface area contributed by atoms with E-state index in [-0.39, 0.29) is 17.0 Å². The van der Waals surface area contributed by atoms with Crippen LogP contribution in [-0.2, 0) is 0 Å². The average molecular weight is 527 g/mol. The second kappa shape index (κ2) is 13.6. The maximum atomic E-state index is 8.92. The fraction of sp³-hybridized carbons (Fsp3) is 0.206. The third kappa shape index (κ3) is 5.97. The maximum Gasteiger partial charge on any atom is 0.154 e. The molecule has 0 heterocycles. The molecule has 0 aliphatic rings. The van der Waals surface area contributed by atoms with Crippen LogP contribution in [0, 0.1) is 34.0 Å². The van der Waals surface area contributed by atoms with Crippen LogP contribution in [0.2, 0.25) is 0 Å². The second-order valence-electron chi connectivity index (χ2n) is 10.1. The first-order valence-electron chi connectivity index (χ1n) is 13.3. The largest absolute Gasteiger partial charge is 0.195 e. The molecule has 3 atom stereocenters. The standard InChI is InChI=1S/C24H20B.C10H15N3P/c1-5-13-21(14-6-1)25(22-15-7-2-8-16-22,23-17-9-3-10-18-23)24-19-11-4-12-20-24;1-8(5-11)14(4,9(2)6-12)10(3)7-13/h1-20H;8-10H,1-4H3/q-1;+1. The van der Waals surface area contributed by atoms with Crippen LogP contribution < -0.4 is 21.9 Å². The van der Waals surface area contributed by atoms with Crippen molar-refractivity contribution < 1.29 is 0 Å². The Kier molecular flexibility index (Phi) is 10.2. The van der Waals surface area contributed by atoms with Gasteiger partial charge in [0.15, 0.2) is 17.0 Å². The highest BCUT2D eigenvalue weighted by Gasteiger charge is 2.49. The molecule has 0 aliphatic carbocycles. The molecule has 0 saturated heterocycles. The number of benzene rings is 4. The summed E-state index contributed by atoms with van der Waals surface area (Å²) in [5.41, 5.74) is 4.79. The molecular weight excluding hydrogens is 492 g/mol. The van der Waals surface area contributed by atoms with Crippen LogP contribution in [-0.4, -0.2) is 29.8 Å². The van der Waals surface area contributed by atoms with Gasteiger partial charge in [-0.3, -0.25) is 0 Å². The predicted octanol–water partition coefficient (Wildman–Crippen LogP) is 5.43. The van der Waals surface area contributed by atoms with Crippen molar-refractivity contribution in [1.82, 2.24) is 0 Å². The van der Waals surface area contributed by atoms with Gasteiger partial charge < -0.3 is 0 Å². The Morgan fingerprint density at radius 3 is 0.846 bits per heavy atom. The van der Waals surface area contributed by atoms with Gasteiger partial charge in [-0.2, -0.15) is 37.6 Å². The summed E-state index contributed by atoms with van der Waals surface area (Å²) in [5, 5.41) is 26.8. The average Bonchev–Trinajstić information content (AvgIpc) is 3.02. The van der Waals surface area contributed by atoms with Gasteiger partial charge in [0.1, 0.15) is 24.4 Å². The van der Waals surface area contributed by atoms with Gasteiger partial charge >= 0.3 is 0 Å². The van der Waals surface area contributed by atoms with Crippen molar-refractivity contribution in [1.29, 1.82) is 15.8 Å². The predicted molar refractivity (Wildman–Crippen MR) is 168 cm³/mol. The highest BCUT2D eigenvalue weighted by molar-refractivity contribution is 7.77. The van der Waals surface area contributed by atoms with Gasteiger partial charge in [0.2, 0.25) is 0 Å². The van der Waals surface area contributed by atoms with Crippen molar-refractivity contribution >= 4 is 35.3 Å². The van der Waals surface area contributed by atoms with Crippen molar-refractivity contribution in [3.63, 3.8) is 0 Å². The fourth-order valence-electron chi connectivity index (χ4n) is 5.50. The highest BCUT2D eigenvalue weighted by Crippen LogP contribution is 2.66. The lowest BCUT2D eigenvalue weighted by molar-refractivity contribution is 1.05. The SMILES string of the molecule is CC(C#N)[P+](C)(C(C)C#N)C(C)C#N.c1ccc([B-](c2ccccc2)(c2ccccc2)c2ccccc2)cc1. The molecule has 0 bridgehead atoms. The van der Waals surface area contributed by atoms with Crippen LogP contribution in [0.15, 0.2) is 121 Å². The number of nitrogens with zero attached hydrogens (tertiary/aromatic N) is 3. The van der Waals surface area contributed by atoms with E-state index in [2.05, 4.69) is 140 Å². The van der Waals surface area contributed by atoms with E-state index in [9.17, 15) is 0 Å². The molecule has 0 aliphatic heterocycles. The number of nitriles is 3. The molecule has 3 unspecified atom stereocenters. The molecule has 4 aromatic carbocycles. The van der Waals surface area contributed by atoms with Crippen molar-refractivity contribution in [3.05, 3.63) is 121 Å². The van der Waals surface area contributed by atoms with E-state index < -0.39 is 13.4 Å². The highest BCUT2D eigenvalue weighted by atomic mass is 31.2. The third-order valence-electron chi connectivity index (χ3n) is 8.26. The smallest absolute Gasteiger partial charge is 0.154 e. The quantitative estimate of drug-likeness (QED) is 0.238. The van der Waals surface area contributed by atoms with Crippen LogP contribution in [0.5, 0.6) is 0 Å². The summed E-state index contributed by atoms with van der Waals surface area (Å²) in [6.45, 7) is 7.39. The Balaban J connectivity index is 0.000000258. The van der Waals surface area contributed by atoms with E-state index in [1.807, 2.05) is 27.4 Å². The zero-order valence-electron chi connectivity index (χ0n) is 23.1. The molecule has 0 N–H and O–H groups in total. The molecule has 0 amide bonds. The molecule has 0 fully saturated rings. The van der Waals surface area contributed by atoms with Crippen molar-refractivity contribution in [2.45, 2.75) is 37.7 Å². The van der Waals surface area contributed by atoms with Crippen LogP contribution in [0.25, 0.3) is 0 Å². The number of hydrogen-bond donors (Lipinski definition) is 0. The second-order valence-corrected chi connectivity index (χ2v) is 14.9. The van der Waals surface area contributed by atoms with Gasteiger partial charge in [0.05, 0.1) is 13.9 Å². The molecule has 0 spiro atoms. The van der Waals surface area contributed by atoms with Crippen molar-refractivity contribution in [2.24, 2.45) is 0 Å². The third-order valence-corrected chi connectivity index (χ3v) is 13.6. The Hall–Kier alpha value is -4.16. The fourth-order valence-corrected chi connectivity index (χ4v) is 8.26. The lowest BCUT2D eigenvalue weighted by Crippen LogP contribution is -2.74. The summed E-state index contributed by atoms with van der Waals surface area (Å²) in [6, 6.07) is 50.1. The molecule has 4 rings (SSSR count). The van der Waals surface area contributed by atoms with E-state index in [0.29, 0.717) is 0 Å². The summed E-state index contributed by atoms with van der Waals surface area (Å²) in [5.74, 6) is 0. The first-order valence-corrected chi connectivity index (χ1v) is 15.7. The zero-order chi connectivity index (χ0) is 28.3. The summed E-state index contributed by atoms with van der Waals surface area (Å²) in [7, 11) is -1.83. The van der Waals surface area contributed by atoms with Crippen LogP contribution in [0.4, 0.5) is 0 Å². The van der Waals surface area contributed by atoms with E-state index in [1.54, 1.807) is 0 Å². The van der Waals surface area contributed by atoms with Crippen molar-refractivity contribution in [3.8, 4) is 18.2 Å². The number of hydrogen-bond acceptors (Lipinski definition) is 3. The van der Waals surface area contributed by atoms with Gasteiger partial charge in [0.25, 0.3) is 0 Å². The first-order chi connectivity index (χ1) is 18.9. The lowest BCUT2D eigenvalue weighted by atomic mass is 9.13. The minimum atomic E-state index is -1.83. The van der Waals surface area contributed by atoms with Gasteiger partial charge in [-0.15, -0.1) is 0 Å². The molecular formula is C34H35BN3P. The molecule has 5 heteroatoms. The number of rotatable bonds is 7. The molecule has 39 heavy (non-hydrogen) atoms. The van der Waals surface area contributed by atoms with Crippen molar-refractivity contribution in [2.75, 3.05) is 6.66 Å². The molecule has 194 valence electrons. The summed E-state index contributed by atoms with van der Waals surface area (Å²) < 4.78 is 0. The molecule has 0 aromatic heterocycles. The summed E-state index contributed by atoms with van der Waals surface area (Å²) in [4.78, 5) is 0.